The van der Waals surface area contributed by atoms with Crippen molar-refractivity contribution in [3.05, 3.63) is 59.1 Å². The second kappa shape index (κ2) is 5.31. The third-order valence-electron chi connectivity index (χ3n) is 3.02. The first-order chi connectivity index (χ1) is 9.66. The Bertz CT molecular complexity index is 797. The van der Waals surface area contributed by atoms with E-state index in [0.29, 0.717) is 15.7 Å². The molecule has 0 fully saturated rings. The molecule has 0 N–H and O–H groups in total. The molecule has 0 aliphatic carbocycles. The minimum Gasteiger partial charge on any atom is -0.322 e. The Balaban J connectivity index is 1.96. The van der Waals surface area contributed by atoms with E-state index >= 15 is 0 Å². The van der Waals surface area contributed by atoms with Crippen molar-refractivity contribution >= 4 is 39.5 Å². The number of rotatable bonds is 2. The largest absolute Gasteiger partial charge is 0.322 e. The quantitative estimate of drug-likeness (QED) is 0.667. The fourth-order valence-corrected chi connectivity index (χ4v) is 3.09. The molecule has 0 atom stereocenters. The highest BCUT2D eigenvalue weighted by molar-refractivity contribution is 8.14. The molecule has 1 aromatic heterocycles. The molecule has 0 amide bonds. The molecular formula is C15H11ClN2OS. The number of imidazole rings is 1. The molecule has 3 rings (SSSR count). The zero-order valence-electron chi connectivity index (χ0n) is 10.7. The second-order valence-corrected chi connectivity index (χ2v) is 5.66. The molecule has 0 unspecified atom stereocenters. The van der Waals surface area contributed by atoms with Crippen molar-refractivity contribution in [2.75, 3.05) is 0 Å². The lowest BCUT2D eigenvalue weighted by Gasteiger charge is -2.03. The van der Waals surface area contributed by atoms with Gasteiger partial charge in [0.2, 0.25) is 5.12 Å². The summed E-state index contributed by atoms with van der Waals surface area (Å²) >= 11 is 7.13. The van der Waals surface area contributed by atoms with Gasteiger partial charge >= 0.3 is 0 Å². The van der Waals surface area contributed by atoms with Gasteiger partial charge in [-0.3, -0.25) is 4.79 Å². The summed E-state index contributed by atoms with van der Waals surface area (Å²) in [5, 5.41) is 1.02. The number of aromatic nitrogens is 2. The smallest absolute Gasteiger partial charge is 0.228 e. The molecule has 0 aliphatic rings. The van der Waals surface area contributed by atoms with E-state index < -0.39 is 0 Å². The highest BCUT2D eigenvalue weighted by Crippen LogP contribution is 2.28. The van der Waals surface area contributed by atoms with Crippen LogP contribution in [0.2, 0.25) is 5.02 Å². The molecule has 2 aromatic carbocycles. The summed E-state index contributed by atoms with van der Waals surface area (Å²) in [5.41, 5.74) is 2.39. The molecule has 100 valence electrons. The third-order valence-corrected chi connectivity index (χ3v) is 4.31. The van der Waals surface area contributed by atoms with E-state index in [1.54, 1.807) is 24.3 Å². The number of fused-ring (bicyclic) bond motifs is 1. The average Bonchev–Trinajstić information content (AvgIpc) is 2.76. The van der Waals surface area contributed by atoms with Crippen LogP contribution in [-0.2, 0) is 7.05 Å². The Morgan fingerprint density at radius 2 is 1.85 bits per heavy atom. The molecule has 0 aliphatic heterocycles. The van der Waals surface area contributed by atoms with Crippen LogP contribution in [0.25, 0.3) is 11.0 Å². The maximum Gasteiger partial charge on any atom is 0.228 e. The minimum absolute atomic E-state index is 0.103. The molecule has 0 spiro atoms. The van der Waals surface area contributed by atoms with Gasteiger partial charge in [-0.15, -0.1) is 0 Å². The molecule has 3 aromatic rings. The van der Waals surface area contributed by atoms with Gasteiger partial charge in [-0.05, 0) is 36.0 Å². The number of nitrogens with zero attached hydrogens (tertiary/aromatic N) is 2. The summed E-state index contributed by atoms with van der Waals surface area (Å²) in [6.45, 7) is 0. The van der Waals surface area contributed by atoms with Gasteiger partial charge in [-0.25, -0.2) is 4.98 Å². The van der Waals surface area contributed by atoms with Crippen molar-refractivity contribution in [3.63, 3.8) is 0 Å². The van der Waals surface area contributed by atoms with Crippen LogP contribution in [0.15, 0.2) is 53.7 Å². The number of aryl methyl sites for hydroxylation is 1. The maximum atomic E-state index is 12.3. The van der Waals surface area contributed by atoms with Gasteiger partial charge in [0.1, 0.15) is 0 Å². The molecule has 1 heterocycles. The van der Waals surface area contributed by atoms with Crippen molar-refractivity contribution in [2.24, 2.45) is 7.05 Å². The van der Waals surface area contributed by atoms with E-state index in [4.69, 9.17) is 11.6 Å². The van der Waals surface area contributed by atoms with E-state index in [0.717, 1.165) is 22.8 Å². The summed E-state index contributed by atoms with van der Waals surface area (Å²) in [7, 11) is 1.90. The summed E-state index contributed by atoms with van der Waals surface area (Å²) in [6.07, 6.45) is 0. The fraction of sp³-hybridized carbons (Fsp3) is 0.0667. The van der Waals surface area contributed by atoms with Crippen LogP contribution in [0.3, 0.4) is 0 Å². The number of carbonyl (C=O) groups is 1. The zero-order chi connectivity index (χ0) is 14.1. The van der Waals surface area contributed by atoms with E-state index in [2.05, 4.69) is 4.98 Å². The number of hydrogen-bond acceptors (Lipinski definition) is 3. The molecule has 20 heavy (non-hydrogen) atoms. The van der Waals surface area contributed by atoms with E-state index in [-0.39, 0.29) is 5.12 Å². The molecule has 5 heteroatoms. The van der Waals surface area contributed by atoms with Gasteiger partial charge < -0.3 is 4.57 Å². The van der Waals surface area contributed by atoms with Crippen molar-refractivity contribution in [2.45, 2.75) is 5.16 Å². The van der Waals surface area contributed by atoms with Crippen LogP contribution in [0.5, 0.6) is 0 Å². The summed E-state index contributed by atoms with van der Waals surface area (Å²) in [5.74, 6) is 0. The van der Waals surface area contributed by atoms with E-state index in [1.807, 2.05) is 35.9 Å². The van der Waals surface area contributed by atoms with Crippen molar-refractivity contribution in [1.82, 2.24) is 9.55 Å². The van der Waals surface area contributed by atoms with Crippen molar-refractivity contribution in [1.29, 1.82) is 0 Å². The Morgan fingerprint density at radius 1 is 1.15 bits per heavy atom. The molecular weight excluding hydrogens is 292 g/mol. The van der Waals surface area contributed by atoms with Gasteiger partial charge in [0.05, 0.1) is 16.1 Å². The van der Waals surface area contributed by atoms with Gasteiger partial charge in [0.25, 0.3) is 0 Å². The normalized spacial score (nSPS) is 10.9. The van der Waals surface area contributed by atoms with Crippen molar-refractivity contribution in [3.8, 4) is 0 Å². The highest BCUT2D eigenvalue weighted by atomic mass is 35.5. The number of halogens is 1. The topological polar surface area (TPSA) is 34.9 Å². The van der Waals surface area contributed by atoms with Gasteiger partial charge in [0.15, 0.2) is 5.16 Å². The number of carbonyl (C=O) groups excluding carboxylic acids is 1. The third kappa shape index (κ3) is 2.32. The predicted octanol–water partition coefficient (Wildman–Crippen LogP) is 4.16. The summed E-state index contributed by atoms with van der Waals surface area (Å²) < 4.78 is 1.91. The first kappa shape index (κ1) is 13.2. The number of hydrogen-bond donors (Lipinski definition) is 0. The van der Waals surface area contributed by atoms with E-state index in [9.17, 15) is 4.79 Å². The number of benzene rings is 2. The molecule has 0 bridgehead atoms. The Kier molecular flexibility index (Phi) is 3.51. The van der Waals surface area contributed by atoms with Crippen molar-refractivity contribution < 1.29 is 4.79 Å². The fourth-order valence-electron chi connectivity index (χ4n) is 1.98. The van der Waals surface area contributed by atoms with Crippen LogP contribution >= 0.6 is 23.4 Å². The van der Waals surface area contributed by atoms with Gasteiger partial charge in [0, 0.05) is 12.6 Å². The Morgan fingerprint density at radius 3 is 2.60 bits per heavy atom. The monoisotopic (exact) mass is 302 g/mol. The lowest BCUT2D eigenvalue weighted by molar-refractivity contribution is 0.108. The Labute approximate surface area is 125 Å². The van der Waals surface area contributed by atoms with Crippen LogP contribution in [0, 0.1) is 0 Å². The first-order valence-corrected chi connectivity index (χ1v) is 7.24. The molecule has 0 radical (unpaired) electrons. The lowest BCUT2D eigenvalue weighted by Crippen LogP contribution is -1.98. The standard InChI is InChI=1S/C15H11ClN2OS/c1-18-13-9-5-4-8-12(13)17-15(18)20-14(19)10-6-2-3-7-11(10)16/h2-9H,1H3. The summed E-state index contributed by atoms with van der Waals surface area (Å²) in [4.78, 5) is 16.8. The first-order valence-electron chi connectivity index (χ1n) is 6.05. The molecule has 3 nitrogen and oxygen atoms in total. The molecule has 0 saturated heterocycles. The van der Waals surface area contributed by atoms with Gasteiger partial charge in [-0.1, -0.05) is 35.9 Å². The highest BCUT2D eigenvalue weighted by Gasteiger charge is 2.16. The lowest BCUT2D eigenvalue weighted by atomic mass is 10.2. The molecule has 0 saturated carbocycles. The second-order valence-electron chi connectivity index (χ2n) is 4.31. The predicted molar refractivity (Wildman–Crippen MR) is 82.4 cm³/mol. The maximum absolute atomic E-state index is 12.3. The summed E-state index contributed by atoms with van der Waals surface area (Å²) in [6, 6.07) is 14.8. The number of thioether (sulfide) groups is 1. The van der Waals surface area contributed by atoms with Gasteiger partial charge in [-0.2, -0.15) is 0 Å². The average molecular weight is 303 g/mol. The number of para-hydroxylation sites is 2. The zero-order valence-corrected chi connectivity index (χ0v) is 12.3. The van der Waals surface area contributed by atoms with Crippen LogP contribution in [0.4, 0.5) is 0 Å². The Hall–Kier alpha value is -1.78. The van der Waals surface area contributed by atoms with Crippen LogP contribution < -0.4 is 0 Å². The minimum atomic E-state index is -0.103. The van der Waals surface area contributed by atoms with Crippen LogP contribution in [0.1, 0.15) is 10.4 Å². The SMILES string of the molecule is Cn1c(SC(=O)c2ccccc2Cl)nc2ccccc21. The van der Waals surface area contributed by atoms with E-state index in [1.165, 1.54) is 0 Å². The van der Waals surface area contributed by atoms with Crippen LogP contribution in [-0.4, -0.2) is 14.7 Å².